The Kier molecular flexibility index (Phi) is 1.32. The third-order valence-electron chi connectivity index (χ3n) is 1.23. The van der Waals surface area contributed by atoms with E-state index >= 15 is 0 Å². The predicted octanol–water partition coefficient (Wildman–Crippen LogP) is -0.429. The van der Waals surface area contributed by atoms with E-state index in [4.69, 9.17) is 19.4 Å². The summed E-state index contributed by atoms with van der Waals surface area (Å²) in [6.45, 7) is 0. The first-order chi connectivity index (χ1) is 5.27. The van der Waals surface area contributed by atoms with Gasteiger partial charge < -0.3 is 0 Å². The molecule has 2 heterocycles. The van der Waals surface area contributed by atoms with E-state index in [0.29, 0.717) is 10.8 Å². The highest BCUT2D eigenvalue weighted by Gasteiger charge is 2.02. The number of hydrogen-bond acceptors (Lipinski definition) is 3. The smallest absolute Gasteiger partial charge is 0.192 e. The molecule has 0 aliphatic carbocycles. The molecule has 52 valence electrons. The third-order valence-corrected chi connectivity index (χ3v) is 1.49. The average Bonchev–Trinajstić information content (AvgIpc) is 2.31. The second-order valence-corrected chi connectivity index (χ2v) is 2.31. The summed E-state index contributed by atoms with van der Waals surface area (Å²) in [6.07, 6.45) is 3.16. The maximum absolute atomic E-state index is 5.68. The van der Waals surface area contributed by atoms with E-state index in [0.717, 1.165) is 0 Å². The molecule has 0 saturated heterocycles. The maximum atomic E-state index is 5.68. The van der Waals surface area contributed by atoms with Gasteiger partial charge in [0.25, 0.3) is 0 Å². The van der Waals surface area contributed by atoms with Crippen LogP contribution in [0.15, 0.2) is 12.4 Å². The molecule has 0 spiro atoms. The zero-order chi connectivity index (χ0) is 7.84. The van der Waals surface area contributed by atoms with Gasteiger partial charge in [-0.05, 0) is 0 Å². The van der Waals surface area contributed by atoms with Crippen molar-refractivity contribution in [1.82, 2.24) is 19.6 Å². The molecule has 6 heteroatoms. The van der Waals surface area contributed by atoms with Crippen molar-refractivity contribution < 1.29 is 0 Å². The molecule has 11 heavy (non-hydrogen) atoms. The SMILES string of the molecule is [B]c1nc2c(Cl)nccn2n1. The molecule has 4 nitrogen and oxygen atoms in total. The summed E-state index contributed by atoms with van der Waals surface area (Å²) in [5, 5.41) is 4.14. The van der Waals surface area contributed by atoms with Crippen LogP contribution in [-0.4, -0.2) is 27.4 Å². The highest BCUT2D eigenvalue weighted by molar-refractivity contribution is 6.33. The number of rotatable bonds is 0. The van der Waals surface area contributed by atoms with Gasteiger partial charge in [-0.2, -0.15) is 5.10 Å². The topological polar surface area (TPSA) is 43.1 Å². The summed E-state index contributed by atoms with van der Waals surface area (Å²) >= 11 is 5.68. The lowest BCUT2D eigenvalue weighted by Gasteiger charge is -1.89. The van der Waals surface area contributed by atoms with Crippen LogP contribution in [0.25, 0.3) is 5.65 Å². The van der Waals surface area contributed by atoms with Gasteiger partial charge in [-0.3, -0.25) is 0 Å². The predicted molar refractivity (Wildman–Crippen MR) is 41.2 cm³/mol. The molecule has 0 aliphatic rings. The molecular weight excluding hydrogens is 162 g/mol. The van der Waals surface area contributed by atoms with Gasteiger partial charge in [-0.15, -0.1) is 0 Å². The number of hydrogen-bond donors (Lipinski definition) is 0. The lowest BCUT2D eigenvalue weighted by Crippen LogP contribution is -2.06. The summed E-state index contributed by atoms with van der Waals surface area (Å²) in [5.74, 6) is 0. The number of nitrogens with zero attached hydrogens (tertiary/aromatic N) is 4. The fourth-order valence-corrected chi connectivity index (χ4v) is 0.989. The summed E-state index contributed by atoms with van der Waals surface area (Å²) in [7, 11) is 5.33. The van der Waals surface area contributed by atoms with E-state index in [1.807, 2.05) is 0 Å². The van der Waals surface area contributed by atoms with Crippen LogP contribution in [0.4, 0.5) is 0 Å². The van der Waals surface area contributed by atoms with Crippen molar-refractivity contribution in [3.63, 3.8) is 0 Å². The molecule has 2 rings (SSSR count). The van der Waals surface area contributed by atoms with Crippen LogP contribution in [0.5, 0.6) is 0 Å². The van der Waals surface area contributed by atoms with Crippen LogP contribution >= 0.6 is 11.6 Å². The summed E-state index contributed by atoms with van der Waals surface area (Å²) in [5.41, 5.74) is 0.673. The van der Waals surface area contributed by atoms with Crippen LogP contribution in [0.2, 0.25) is 5.15 Å². The molecule has 0 aliphatic heterocycles. The quantitative estimate of drug-likeness (QED) is 0.496. The maximum Gasteiger partial charge on any atom is 0.192 e. The molecule has 0 unspecified atom stereocenters. The Balaban J connectivity index is 2.90. The van der Waals surface area contributed by atoms with E-state index < -0.39 is 0 Å². The fraction of sp³-hybridized carbons (Fsp3) is 0. The summed E-state index contributed by atoms with van der Waals surface area (Å²) in [4.78, 5) is 7.66. The number of aromatic nitrogens is 4. The van der Waals surface area contributed by atoms with Gasteiger partial charge in [-0.1, -0.05) is 11.6 Å². The zero-order valence-electron chi connectivity index (χ0n) is 5.40. The molecule has 0 fully saturated rings. The minimum absolute atomic E-state index is 0.194. The van der Waals surface area contributed by atoms with Gasteiger partial charge in [0.05, 0.1) is 5.72 Å². The first kappa shape index (κ1) is 6.60. The highest BCUT2D eigenvalue weighted by atomic mass is 35.5. The first-order valence-corrected chi connectivity index (χ1v) is 3.27. The Bertz CT molecular complexity index is 398. The Morgan fingerprint density at radius 3 is 3.09 bits per heavy atom. The lowest BCUT2D eigenvalue weighted by atomic mass is 10.1. The molecule has 2 aromatic heterocycles. The van der Waals surface area contributed by atoms with Crippen molar-refractivity contribution in [3.8, 4) is 0 Å². The van der Waals surface area contributed by atoms with Gasteiger partial charge in [0.2, 0.25) is 0 Å². The normalized spacial score (nSPS) is 10.6. The molecule has 2 radical (unpaired) electrons. The van der Waals surface area contributed by atoms with Crippen molar-refractivity contribution in [3.05, 3.63) is 17.5 Å². The molecule has 0 amide bonds. The van der Waals surface area contributed by atoms with E-state index in [1.165, 1.54) is 10.7 Å². The molecule has 0 N–H and O–H groups in total. The van der Waals surface area contributed by atoms with Crippen LogP contribution in [0.1, 0.15) is 0 Å². The van der Waals surface area contributed by atoms with Crippen LogP contribution in [0.3, 0.4) is 0 Å². The summed E-state index contributed by atoms with van der Waals surface area (Å²) < 4.78 is 1.48. The minimum Gasteiger partial charge on any atom is -0.239 e. The van der Waals surface area contributed by atoms with Crippen LogP contribution < -0.4 is 5.72 Å². The van der Waals surface area contributed by atoms with Crippen LogP contribution in [-0.2, 0) is 0 Å². The number of fused-ring (bicyclic) bond motifs is 1. The van der Waals surface area contributed by atoms with Crippen molar-refractivity contribution in [2.75, 3.05) is 0 Å². The van der Waals surface area contributed by atoms with Crippen LogP contribution in [0, 0.1) is 0 Å². The van der Waals surface area contributed by atoms with Crippen molar-refractivity contribution in [1.29, 1.82) is 0 Å². The Labute approximate surface area is 68.6 Å². The lowest BCUT2D eigenvalue weighted by molar-refractivity contribution is 0.959. The first-order valence-electron chi connectivity index (χ1n) is 2.90. The van der Waals surface area contributed by atoms with Gasteiger partial charge >= 0.3 is 0 Å². The molecule has 0 bridgehead atoms. The van der Waals surface area contributed by atoms with E-state index in [9.17, 15) is 0 Å². The standard InChI is InChI=1S/C5H2BClN4/c6-5-9-4-3(7)8-1-2-11(4)10-5/h1-2H. The van der Waals surface area contributed by atoms with Crippen molar-refractivity contribution in [2.45, 2.75) is 0 Å². The monoisotopic (exact) mass is 164 g/mol. The second-order valence-electron chi connectivity index (χ2n) is 1.96. The average molecular weight is 164 g/mol. The number of halogens is 1. The molecule has 0 saturated carbocycles. The largest absolute Gasteiger partial charge is 0.239 e. The Morgan fingerprint density at radius 2 is 2.36 bits per heavy atom. The van der Waals surface area contributed by atoms with Crippen molar-refractivity contribution in [2.24, 2.45) is 0 Å². The second kappa shape index (κ2) is 2.20. The van der Waals surface area contributed by atoms with Gasteiger partial charge in [-0.25, -0.2) is 14.5 Å². The van der Waals surface area contributed by atoms with E-state index in [1.54, 1.807) is 6.20 Å². The fourth-order valence-electron chi connectivity index (χ4n) is 0.804. The molecular formula is C5H2BClN4. The third kappa shape index (κ3) is 0.972. The Hall–Kier alpha value is -1.10. The van der Waals surface area contributed by atoms with Gasteiger partial charge in [0, 0.05) is 12.4 Å². The van der Waals surface area contributed by atoms with Gasteiger partial charge in [0.1, 0.15) is 0 Å². The molecule has 0 aromatic carbocycles. The molecule has 2 aromatic rings. The zero-order valence-corrected chi connectivity index (χ0v) is 6.15. The highest BCUT2D eigenvalue weighted by Crippen LogP contribution is 2.07. The molecule has 0 atom stereocenters. The van der Waals surface area contributed by atoms with E-state index in [-0.39, 0.29) is 5.72 Å². The minimum atomic E-state index is 0.194. The van der Waals surface area contributed by atoms with Gasteiger partial charge in [0.15, 0.2) is 18.6 Å². The summed E-state index contributed by atoms with van der Waals surface area (Å²) in [6, 6.07) is 0. The van der Waals surface area contributed by atoms with E-state index in [2.05, 4.69) is 15.1 Å². The van der Waals surface area contributed by atoms with Crippen molar-refractivity contribution >= 4 is 30.8 Å². The Morgan fingerprint density at radius 1 is 1.55 bits per heavy atom.